The number of primary amides is 1. The van der Waals surface area contributed by atoms with Crippen LogP contribution in [0.2, 0.25) is 0 Å². The predicted molar refractivity (Wildman–Crippen MR) is 88.1 cm³/mol. The Balaban J connectivity index is 1.73. The molecule has 0 saturated heterocycles. The summed E-state index contributed by atoms with van der Waals surface area (Å²) in [4.78, 5) is 34.7. The molecule has 0 bridgehead atoms. The number of rotatable bonds is 6. The number of benzene rings is 1. The summed E-state index contributed by atoms with van der Waals surface area (Å²) in [6.45, 7) is 0.239. The molecule has 2 rings (SSSR count). The Morgan fingerprint density at radius 2 is 1.78 bits per heavy atom. The highest BCUT2D eigenvalue weighted by Crippen LogP contribution is 2.09. The van der Waals surface area contributed by atoms with Gasteiger partial charge in [-0.1, -0.05) is 18.2 Å². The molecule has 0 unspecified atom stereocenters. The highest BCUT2D eigenvalue weighted by atomic mass is 32.1. The van der Waals surface area contributed by atoms with E-state index in [-0.39, 0.29) is 18.4 Å². The predicted octanol–water partition coefficient (Wildman–Crippen LogP) is 1.28. The molecule has 0 saturated carbocycles. The van der Waals surface area contributed by atoms with Crippen molar-refractivity contribution in [2.75, 3.05) is 11.9 Å². The second-order valence-corrected chi connectivity index (χ2v) is 5.57. The average molecular weight is 332 g/mol. The fraction of sp³-hybridized carbons (Fsp3) is 0.133. The van der Waals surface area contributed by atoms with Crippen molar-refractivity contribution in [3.05, 3.63) is 52.2 Å². The third kappa shape index (κ3) is 5.44. The maximum absolute atomic E-state index is 11.7. The minimum Gasteiger partial charge on any atom is -0.351 e. The number of thiophene rings is 1. The first-order valence-corrected chi connectivity index (χ1v) is 7.66. The van der Waals surface area contributed by atoms with Crippen molar-refractivity contribution < 1.29 is 14.4 Å². The number of carbonyl (C=O) groups excluding carboxylic acids is 3. The zero-order valence-corrected chi connectivity index (χ0v) is 13.0. The van der Waals surface area contributed by atoms with Crippen LogP contribution in [0.5, 0.6) is 0 Å². The molecule has 1 aromatic heterocycles. The lowest BCUT2D eigenvalue weighted by Gasteiger charge is -2.07. The topological polar surface area (TPSA) is 113 Å². The Kier molecular flexibility index (Phi) is 5.70. The average Bonchev–Trinajstić information content (AvgIpc) is 3.06. The molecule has 0 aliphatic rings. The van der Waals surface area contributed by atoms with E-state index in [0.717, 1.165) is 5.56 Å². The Hall–Kier alpha value is -2.87. The van der Waals surface area contributed by atoms with Gasteiger partial charge < -0.3 is 21.7 Å². The molecule has 0 spiro atoms. The van der Waals surface area contributed by atoms with Gasteiger partial charge in [0.1, 0.15) is 0 Å². The Morgan fingerprint density at radius 1 is 1.04 bits per heavy atom. The van der Waals surface area contributed by atoms with Crippen LogP contribution in [0.25, 0.3) is 0 Å². The van der Waals surface area contributed by atoms with Crippen molar-refractivity contribution >= 4 is 34.9 Å². The number of hydrogen-bond acceptors (Lipinski definition) is 4. The lowest BCUT2D eigenvalue weighted by molar-refractivity contribution is -0.120. The first kappa shape index (κ1) is 16.5. The third-order valence-electron chi connectivity index (χ3n) is 2.87. The molecule has 0 aliphatic heterocycles. The summed E-state index contributed by atoms with van der Waals surface area (Å²) < 4.78 is 0. The van der Waals surface area contributed by atoms with Crippen LogP contribution in [0.3, 0.4) is 0 Å². The van der Waals surface area contributed by atoms with Crippen molar-refractivity contribution in [2.45, 2.75) is 6.54 Å². The lowest BCUT2D eigenvalue weighted by atomic mass is 10.2. The van der Waals surface area contributed by atoms with Gasteiger partial charge in [-0.3, -0.25) is 9.59 Å². The first-order valence-electron chi connectivity index (χ1n) is 6.78. The summed E-state index contributed by atoms with van der Waals surface area (Å²) in [5.41, 5.74) is 6.45. The van der Waals surface area contributed by atoms with E-state index in [2.05, 4.69) is 16.0 Å². The molecule has 0 radical (unpaired) electrons. The van der Waals surface area contributed by atoms with E-state index in [0.29, 0.717) is 17.1 Å². The Bertz CT molecular complexity index is 683. The smallest absolute Gasteiger partial charge is 0.316 e. The van der Waals surface area contributed by atoms with Gasteiger partial charge in [-0.25, -0.2) is 4.79 Å². The largest absolute Gasteiger partial charge is 0.351 e. The number of anilines is 1. The van der Waals surface area contributed by atoms with Gasteiger partial charge in [-0.05, 0) is 29.1 Å². The molecular formula is C15H16N4O3S. The minimum atomic E-state index is -0.632. The summed E-state index contributed by atoms with van der Waals surface area (Å²) in [6, 6.07) is 9.73. The summed E-state index contributed by atoms with van der Waals surface area (Å²) in [5, 5.41) is 9.49. The van der Waals surface area contributed by atoms with Crippen molar-refractivity contribution in [3.63, 3.8) is 0 Å². The SMILES string of the molecule is NC(=O)Nc1ccc(CNC(=O)CNC(=O)c2cccs2)cc1. The number of hydrogen-bond donors (Lipinski definition) is 4. The minimum absolute atomic E-state index is 0.0853. The molecule has 1 heterocycles. The van der Waals surface area contributed by atoms with Crippen LogP contribution < -0.4 is 21.7 Å². The van der Waals surface area contributed by atoms with E-state index in [4.69, 9.17) is 5.73 Å². The molecule has 1 aromatic carbocycles. The summed E-state index contributed by atoms with van der Waals surface area (Å²) >= 11 is 1.32. The Morgan fingerprint density at radius 3 is 2.39 bits per heavy atom. The summed E-state index contributed by atoms with van der Waals surface area (Å²) in [5.74, 6) is -0.550. The highest BCUT2D eigenvalue weighted by molar-refractivity contribution is 7.12. The number of nitrogens with two attached hydrogens (primary N) is 1. The molecule has 2 aromatic rings. The van der Waals surface area contributed by atoms with Crippen LogP contribution in [0, 0.1) is 0 Å². The molecule has 0 atom stereocenters. The molecule has 5 N–H and O–H groups in total. The summed E-state index contributed by atoms with van der Waals surface area (Å²) in [7, 11) is 0. The van der Waals surface area contributed by atoms with Crippen molar-refractivity contribution in [1.29, 1.82) is 0 Å². The second-order valence-electron chi connectivity index (χ2n) is 4.62. The molecule has 120 valence electrons. The third-order valence-corrected chi connectivity index (χ3v) is 3.73. The molecular weight excluding hydrogens is 316 g/mol. The first-order chi connectivity index (χ1) is 11.0. The maximum atomic E-state index is 11.7. The molecule has 23 heavy (non-hydrogen) atoms. The van der Waals surface area contributed by atoms with Gasteiger partial charge in [-0.15, -0.1) is 11.3 Å². The van der Waals surface area contributed by atoms with E-state index in [1.165, 1.54) is 11.3 Å². The van der Waals surface area contributed by atoms with Crippen LogP contribution >= 0.6 is 11.3 Å². The van der Waals surface area contributed by atoms with Crippen molar-refractivity contribution in [2.24, 2.45) is 5.73 Å². The van der Waals surface area contributed by atoms with Gasteiger partial charge >= 0.3 is 6.03 Å². The zero-order chi connectivity index (χ0) is 16.7. The fourth-order valence-electron chi connectivity index (χ4n) is 1.77. The fourth-order valence-corrected chi connectivity index (χ4v) is 2.41. The number of amides is 4. The van der Waals surface area contributed by atoms with E-state index < -0.39 is 6.03 Å². The van der Waals surface area contributed by atoms with Gasteiger partial charge in [0.25, 0.3) is 5.91 Å². The lowest BCUT2D eigenvalue weighted by Crippen LogP contribution is -2.36. The number of nitrogens with one attached hydrogen (secondary N) is 3. The van der Waals surface area contributed by atoms with E-state index in [1.54, 1.807) is 41.8 Å². The van der Waals surface area contributed by atoms with Crippen LogP contribution in [-0.2, 0) is 11.3 Å². The van der Waals surface area contributed by atoms with Crippen molar-refractivity contribution in [1.82, 2.24) is 10.6 Å². The van der Waals surface area contributed by atoms with E-state index >= 15 is 0 Å². The van der Waals surface area contributed by atoms with Gasteiger partial charge in [-0.2, -0.15) is 0 Å². The van der Waals surface area contributed by atoms with Gasteiger partial charge in [0.15, 0.2) is 0 Å². The van der Waals surface area contributed by atoms with Crippen LogP contribution in [0.1, 0.15) is 15.2 Å². The van der Waals surface area contributed by atoms with Gasteiger partial charge in [0.05, 0.1) is 11.4 Å². The second kappa shape index (κ2) is 7.95. The van der Waals surface area contributed by atoms with E-state index in [9.17, 15) is 14.4 Å². The van der Waals surface area contributed by atoms with E-state index in [1.807, 2.05) is 0 Å². The molecule has 0 fully saturated rings. The number of urea groups is 1. The summed E-state index contributed by atoms with van der Waals surface area (Å²) in [6.07, 6.45) is 0. The number of carbonyl (C=O) groups is 3. The maximum Gasteiger partial charge on any atom is 0.316 e. The van der Waals surface area contributed by atoms with Crippen LogP contribution in [-0.4, -0.2) is 24.4 Å². The molecule has 4 amide bonds. The quantitative estimate of drug-likeness (QED) is 0.639. The standard InChI is InChI=1S/C15H16N4O3S/c16-15(22)19-11-5-3-10(4-6-11)8-17-13(20)9-18-14(21)12-2-1-7-23-12/h1-7H,8-9H2,(H,17,20)(H,18,21)(H3,16,19,22). The molecule has 0 aliphatic carbocycles. The Labute approximate surface area is 136 Å². The molecule has 7 nitrogen and oxygen atoms in total. The molecule has 8 heteroatoms. The highest BCUT2D eigenvalue weighted by Gasteiger charge is 2.08. The van der Waals surface area contributed by atoms with Crippen molar-refractivity contribution in [3.8, 4) is 0 Å². The van der Waals surface area contributed by atoms with Crippen LogP contribution in [0.4, 0.5) is 10.5 Å². The normalized spacial score (nSPS) is 9.91. The van der Waals surface area contributed by atoms with Gasteiger partial charge in [0.2, 0.25) is 5.91 Å². The van der Waals surface area contributed by atoms with Crippen LogP contribution in [0.15, 0.2) is 41.8 Å². The zero-order valence-electron chi connectivity index (χ0n) is 12.2. The monoisotopic (exact) mass is 332 g/mol. The van der Waals surface area contributed by atoms with Gasteiger partial charge in [0, 0.05) is 12.2 Å².